The Morgan fingerprint density at radius 3 is 2.58 bits per heavy atom. The molecule has 2 rings (SSSR count). The third kappa shape index (κ3) is 3.12. The van der Waals surface area contributed by atoms with Crippen molar-refractivity contribution < 1.29 is 9.47 Å². The predicted molar refractivity (Wildman–Crippen MR) is 78.1 cm³/mol. The third-order valence-corrected chi connectivity index (χ3v) is 2.82. The molecule has 0 aliphatic heterocycles. The quantitative estimate of drug-likeness (QED) is 0.787. The van der Waals surface area contributed by atoms with Gasteiger partial charge < -0.3 is 9.47 Å². The van der Waals surface area contributed by atoms with Crippen LogP contribution in [-0.2, 0) is 4.74 Å². The number of thiocarbonyl (C=S) groups is 1. The molecule has 1 aromatic heterocycles. The molecule has 4 nitrogen and oxygen atoms in total. The van der Waals surface area contributed by atoms with Crippen molar-refractivity contribution in [3.8, 4) is 11.6 Å². The lowest BCUT2D eigenvalue weighted by atomic mass is 10.3. The van der Waals surface area contributed by atoms with Crippen LogP contribution >= 0.6 is 12.2 Å². The Balaban J connectivity index is 2.37. The zero-order chi connectivity index (χ0) is 13.7. The molecule has 0 aliphatic rings. The van der Waals surface area contributed by atoms with Crippen LogP contribution < -0.4 is 4.74 Å². The minimum atomic E-state index is 0.410. The van der Waals surface area contributed by atoms with E-state index in [0.29, 0.717) is 29.7 Å². The molecule has 100 valence electrons. The van der Waals surface area contributed by atoms with Crippen LogP contribution in [0.4, 0.5) is 0 Å². The van der Waals surface area contributed by atoms with Crippen LogP contribution in [0.1, 0.15) is 19.4 Å². The highest BCUT2D eigenvalue weighted by molar-refractivity contribution is 7.80. The van der Waals surface area contributed by atoms with Crippen LogP contribution in [0.15, 0.2) is 36.5 Å². The van der Waals surface area contributed by atoms with Gasteiger partial charge in [-0.1, -0.05) is 18.2 Å². The molecule has 0 saturated heterocycles. The first-order valence-corrected chi connectivity index (χ1v) is 6.62. The summed E-state index contributed by atoms with van der Waals surface area (Å²) in [7, 11) is 0. The maximum Gasteiger partial charge on any atom is 0.245 e. The zero-order valence-electron chi connectivity index (χ0n) is 11.0. The Bertz CT molecular complexity index is 552. The van der Waals surface area contributed by atoms with Crippen molar-refractivity contribution in [1.82, 2.24) is 9.78 Å². The molecule has 0 fully saturated rings. The Labute approximate surface area is 118 Å². The third-order valence-electron chi connectivity index (χ3n) is 2.48. The van der Waals surface area contributed by atoms with E-state index in [1.54, 1.807) is 4.68 Å². The summed E-state index contributed by atoms with van der Waals surface area (Å²) in [6, 6.07) is 9.81. The average molecular weight is 276 g/mol. The van der Waals surface area contributed by atoms with E-state index in [0.717, 1.165) is 5.69 Å². The van der Waals surface area contributed by atoms with Gasteiger partial charge in [0.15, 0.2) is 5.05 Å². The summed E-state index contributed by atoms with van der Waals surface area (Å²) in [5, 5.41) is 4.81. The lowest BCUT2D eigenvalue weighted by Gasteiger charge is -2.04. The van der Waals surface area contributed by atoms with Crippen molar-refractivity contribution in [3.63, 3.8) is 0 Å². The van der Waals surface area contributed by atoms with E-state index >= 15 is 0 Å². The molecule has 0 unspecified atom stereocenters. The van der Waals surface area contributed by atoms with Crippen molar-refractivity contribution in [2.45, 2.75) is 13.8 Å². The number of ether oxygens (including phenoxy) is 2. The summed E-state index contributed by atoms with van der Waals surface area (Å²) in [4.78, 5) is 0. The van der Waals surface area contributed by atoms with Crippen LogP contribution in [-0.4, -0.2) is 28.0 Å². The molecule has 0 radical (unpaired) electrons. The molecule has 0 bridgehead atoms. The molecule has 1 heterocycles. The first-order valence-electron chi connectivity index (χ1n) is 6.21. The van der Waals surface area contributed by atoms with Crippen LogP contribution in [0, 0.1) is 0 Å². The topological polar surface area (TPSA) is 36.3 Å². The predicted octanol–water partition coefficient (Wildman–Crippen LogP) is 2.98. The number of rotatable bonds is 5. The number of para-hydroxylation sites is 1. The largest absolute Gasteiger partial charge is 0.483 e. The van der Waals surface area contributed by atoms with Gasteiger partial charge in [-0.05, 0) is 38.2 Å². The van der Waals surface area contributed by atoms with Gasteiger partial charge in [0.25, 0.3) is 0 Å². The summed E-state index contributed by atoms with van der Waals surface area (Å²) < 4.78 is 12.6. The van der Waals surface area contributed by atoms with Crippen molar-refractivity contribution in [1.29, 1.82) is 0 Å². The van der Waals surface area contributed by atoms with E-state index < -0.39 is 0 Å². The highest BCUT2D eigenvalue weighted by Gasteiger charge is 2.16. The van der Waals surface area contributed by atoms with Crippen molar-refractivity contribution in [2.75, 3.05) is 13.2 Å². The van der Waals surface area contributed by atoms with Gasteiger partial charge in [-0.25, -0.2) is 4.68 Å². The van der Waals surface area contributed by atoms with Crippen LogP contribution in [0.25, 0.3) is 5.69 Å². The molecule has 5 heteroatoms. The molecule has 0 atom stereocenters. The van der Waals surface area contributed by atoms with Crippen LogP contribution in [0.3, 0.4) is 0 Å². The molecular weight excluding hydrogens is 260 g/mol. The highest BCUT2D eigenvalue weighted by Crippen LogP contribution is 2.20. The lowest BCUT2D eigenvalue weighted by molar-refractivity contribution is 0.315. The summed E-state index contributed by atoms with van der Waals surface area (Å²) in [6.45, 7) is 4.87. The van der Waals surface area contributed by atoms with E-state index in [9.17, 15) is 0 Å². The molecular formula is C14H16N2O2S. The summed E-state index contributed by atoms with van der Waals surface area (Å²) in [5.41, 5.74) is 1.66. The fourth-order valence-corrected chi connectivity index (χ4v) is 1.92. The van der Waals surface area contributed by atoms with E-state index in [2.05, 4.69) is 5.10 Å². The van der Waals surface area contributed by atoms with Gasteiger partial charge in [-0.2, -0.15) is 0 Å². The van der Waals surface area contributed by atoms with Gasteiger partial charge in [0.2, 0.25) is 5.88 Å². The minimum absolute atomic E-state index is 0.410. The van der Waals surface area contributed by atoms with Crippen LogP contribution in [0.5, 0.6) is 5.88 Å². The minimum Gasteiger partial charge on any atom is -0.483 e. The van der Waals surface area contributed by atoms with E-state index in [1.807, 2.05) is 50.4 Å². The fourth-order valence-electron chi connectivity index (χ4n) is 1.66. The van der Waals surface area contributed by atoms with Crippen molar-refractivity contribution in [2.24, 2.45) is 0 Å². The fraction of sp³-hybridized carbons (Fsp3) is 0.286. The van der Waals surface area contributed by atoms with Gasteiger partial charge in [-0.3, -0.25) is 0 Å². The first-order chi connectivity index (χ1) is 9.26. The van der Waals surface area contributed by atoms with Gasteiger partial charge in [-0.15, -0.1) is 5.10 Å². The molecule has 0 spiro atoms. The van der Waals surface area contributed by atoms with Crippen molar-refractivity contribution in [3.05, 3.63) is 42.1 Å². The molecule has 19 heavy (non-hydrogen) atoms. The molecule has 0 saturated carbocycles. The maximum absolute atomic E-state index is 5.51. The zero-order valence-corrected chi connectivity index (χ0v) is 11.8. The van der Waals surface area contributed by atoms with Gasteiger partial charge >= 0.3 is 0 Å². The molecule has 1 aromatic carbocycles. The van der Waals surface area contributed by atoms with Crippen molar-refractivity contribution >= 4 is 17.3 Å². The normalized spacial score (nSPS) is 10.2. The number of nitrogens with zero attached hydrogens (tertiary/aromatic N) is 2. The Morgan fingerprint density at radius 2 is 1.95 bits per heavy atom. The van der Waals surface area contributed by atoms with Gasteiger partial charge in [0.05, 0.1) is 18.9 Å². The summed E-state index contributed by atoms with van der Waals surface area (Å²) in [6.07, 6.45) is 1.83. The molecule has 0 amide bonds. The van der Waals surface area contributed by atoms with Crippen LogP contribution in [0.2, 0.25) is 0 Å². The molecule has 0 aliphatic carbocycles. The van der Waals surface area contributed by atoms with E-state index in [1.165, 1.54) is 0 Å². The number of hydrogen-bond donors (Lipinski definition) is 0. The second-order valence-electron chi connectivity index (χ2n) is 3.78. The smallest absolute Gasteiger partial charge is 0.245 e. The number of aromatic nitrogens is 2. The molecule has 2 aromatic rings. The van der Waals surface area contributed by atoms with Gasteiger partial charge in [0.1, 0.15) is 5.56 Å². The Hall–Kier alpha value is -1.88. The highest BCUT2D eigenvalue weighted by atomic mass is 32.1. The van der Waals surface area contributed by atoms with E-state index in [4.69, 9.17) is 21.7 Å². The average Bonchev–Trinajstić information content (AvgIpc) is 2.85. The number of benzene rings is 1. The Kier molecular flexibility index (Phi) is 4.52. The monoisotopic (exact) mass is 276 g/mol. The van der Waals surface area contributed by atoms with E-state index in [-0.39, 0.29) is 0 Å². The summed E-state index contributed by atoms with van der Waals surface area (Å²) in [5.74, 6) is 0.504. The second-order valence-corrected chi connectivity index (χ2v) is 4.15. The second kappa shape index (κ2) is 6.33. The first kappa shape index (κ1) is 13.5. The SMILES string of the molecule is CCOC(=S)c1cn(-c2ccccc2)nc1OCC. The lowest BCUT2D eigenvalue weighted by Crippen LogP contribution is -2.05. The molecule has 0 N–H and O–H groups in total. The Morgan fingerprint density at radius 1 is 1.21 bits per heavy atom. The summed E-state index contributed by atoms with van der Waals surface area (Å²) >= 11 is 5.23. The standard InChI is InChI=1S/C14H16N2O2S/c1-3-17-13-12(14(19)18-4-2)10-16(15-13)11-8-6-5-7-9-11/h5-10H,3-4H2,1-2H3. The maximum atomic E-state index is 5.51. The number of hydrogen-bond acceptors (Lipinski definition) is 4. The van der Waals surface area contributed by atoms with Gasteiger partial charge in [0, 0.05) is 6.20 Å².